The number of ether oxygens (including phenoxy) is 1. The van der Waals surface area contributed by atoms with Gasteiger partial charge in [-0.15, -0.1) is 0 Å². The van der Waals surface area contributed by atoms with E-state index in [9.17, 15) is 5.11 Å². The van der Waals surface area contributed by atoms with Crippen LogP contribution in [0.2, 0.25) is 0 Å². The molecule has 164 valence electrons. The highest BCUT2D eigenvalue weighted by atomic mass is 16.5. The molecule has 0 spiro atoms. The van der Waals surface area contributed by atoms with Crippen LogP contribution in [0, 0.1) is 0 Å². The Morgan fingerprint density at radius 2 is 1.43 bits per heavy atom. The molecular formula is C25H47NO2. The van der Waals surface area contributed by atoms with Crippen LogP contribution in [0.3, 0.4) is 0 Å². The molecular weight excluding hydrogens is 346 g/mol. The Balaban J connectivity index is 1.88. The lowest BCUT2D eigenvalue weighted by Crippen LogP contribution is -2.28. The molecule has 28 heavy (non-hydrogen) atoms. The first-order valence-corrected chi connectivity index (χ1v) is 12.2. The topological polar surface area (TPSA) is 41.8 Å². The third-order valence-corrected chi connectivity index (χ3v) is 6.01. The van der Waals surface area contributed by atoms with E-state index in [0.717, 1.165) is 25.2 Å². The van der Waals surface area contributed by atoms with Crippen molar-refractivity contribution in [1.82, 2.24) is 0 Å². The summed E-state index contributed by atoms with van der Waals surface area (Å²) in [4.78, 5) is 4.76. The second kappa shape index (κ2) is 17.1. The summed E-state index contributed by atoms with van der Waals surface area (Å²) in [5, 5.41) is 9.21. The van der Waals surface area contributed by atoms with E-state index in [-0.39, 0.29) is 12.1 Å². The summed E-state index contributed by atoms with van der Waals surface area (Å²) >= 11 is 0. The predicted molar refractivity (Wildman–Crippen MR) is 122 cm³/mol. The quantitative estimate of drug-likeness (QED) is 0.184. The Kier molecular flexibility index (Phi) is 15.4. The third kappa shape index (κ3) is 11.9. The third-order valence-electron chi connectivity index (χ3n) is 6.01. The maximum absolute atomic E-state index is 9.21. The number of hydrogen-bond acceptors (Lipinski definition) is 3. The molecule has 0 aromatic rings. The number of aliphatic imine (C=N–C) groups is 1. The van der Waals surface area contributed by atoms with Crippen LogP contribution in [0.25, 0.3) is 0 Å². The van der Waals surface area contributed by atoms with Crippen molar-refractivity contribution < 1.29 is 9.84 Å². The number of nitrogens with zero attached hydrogens (tertiary/aromatic N) is 1. The Labute approximate surface area is 175 Å². The maximum atomic E-state index is 9.21. The lowest BCUT2D eigenvalue weighted by molar-refractivity contribution is 0.190. The van der Waals surface area contributed by atoms with Crippen molar-refractivity contribution in [2.45, 2.75) is 129 Å². The zero-order valence-electron chi connectivity index (χ0n) is 18.9. The second-order valence-corrected chi connectivity index (χ2v) is 8.53. The summed E-state index contributed by atoms with van der Waals surface area (Å²) in [5.74, 6) is 0.922. The molecule has 0 radical (unpaired) electrons. The largest absolute Gasteiger partial charge is 0.478 e. The molecule has 0 saturated heterocycles. The lowest BCUT2D eigenvalue weighted by atomic mass is 9.95. The monoisotopic (exact) mass is 393 g/mol. The van der Waals surface area contributed by atoms with E-state index in [2.05, 4.69) is 26.0 Å². The Morgan fingerprint density at radius 1 is 0.857 bits per heavy atom. The SMILES string of the molecule is CCCCCCCC/C=C\CCCCCCCCC1=NC(CC)(CCO)CO1. The van der Waals surface area contributed by atoms with E-state index in [0.29, 0.717) is 6.61 Å². The minimum Gasteiger partial charge on any atom is -0.478 e. The molecule has 1 aliphatic heterocycles. The molecule has 1 rings (SSSR count). The minimum absolute atomic E-state index is 0.146. The van der Waals surface area contributed by atoms with Crippen molar-refractivity contribution in [3.05, 3.63) is 12.2 Å². The minimum atomic E-state index is -0.146. The first kappa shape index (κ1) is 25.2. The van der Waals surface area contributed by atoms with Gasteiger partial charge in [-0.1, -0.05) is 83.8 Å². The van der Waals surface area contributed by atoms with Crippen LogP contribution < -0.4 is 0 Å². The van der Waals surface area contributed by atoms with Crippen LogP contribution in [0.5, 0.6) is 0 Å². The Bertz CT molecular complexity index is 419. The van der Waals surface area contributed by atoms with E-state index >= 15 is 0 Å². The van der Waals surface area contributed by atoms with Gasteiger partial charge in [0, 0.05) is 13.0 Å². The zero-order valence-corrected chi connectivity index (χ0v) is 18.9. The molecule has 0 bridgehead atoms. The molecule has 1 aliphatic rings. The van der Waals surface area contributed by atoms with E-state index in [4.69, 9.17) is 9.73 Å². The van der Waals surface area contributed by atoms with Gasteiger partial charge in [-0.3, -0.25) is 0 Å². The van der Waals surface area contributed by atoms with Crippen molar-refractivity contribution in [3.8, 4) is 0 Å². The fourth-order valence-corrected chi connectivity index (χ4v) is 3.89. The number of aliphatic hydroxyl groups excluding tert-OH is 1. The van der Waals surface area contributed by atoms with Crippen LogP contribution in [0.15, 0.2) is 17.1 Å². The van der Waals surface area contributed by atoms with Crippen molar-refractivity contribution in [1.29, 1.82) is 0 Å². The van der Waals surface area contributed by atoms with Gasteiger partial charge in [0.2, 0.25) is 0 Å². The fourth-order valence-electron chi connectivity index (χ4n) is 3.89. The van der Waals surface area contributed by atoms with Crippen LogP contribution in [0.1, 0.15) is 123 Å². The summed E-state index contributed by atoms with van der Waals surface area (Å²) < 4.78 is 5.77. The van der Waals surface area contributed by atoms with Gasteiger partial charge in [0.05, 0.1) is 0 Å². The zero-order chi connectivity index (χ0) is 20.3. The molecule has 0 amide bonds. The van der Waals surface area contributed by atoms with Crippen LogP contribution in [-0.4, -0.2) is 29.8 Å². The second-order valence-electron chi connectivity index (χ2n) is 8.53. The van der Waals surface area contributed by atoms with Crippen LogP contribution >= 0.6 is 0 Å². The van der Waals surface area contributed by atoms with E-state index in [1.807, 2.05) is 0 Å². The summed E-state index contributed by atoms with van der Waals surface area (Å²) in [6.07, 6.45) is 26.1. The van der Waals surface area contributed by atoms with E-state index in [1.54, 1.807) is 0 Å². The first-order valence-electron chi connectivity index (χ1n) is 12.2. The Morgan fingerprint density at radius 3 is 2.00 bits per heavy atom. The van der Waals surface area contributed by atoms with Gasteiger partial charge >= 0.3 is 0 Å². The highest BCUT2D eigenvalue weighted by molar-refractivity contribution is 5.78. The average molecular weight is 394 g/mol. The summed E-state index contributed by atoms with van der Waals surface area (Å²) in [6.45, 7) is 5.27. The van der Waals surface area contributed by atoms with Gasteiger partial charge in [-0.25, -0.2) is 4.99 Å². The number of allylic oxidation sites excluding steroid dienone is 2. The average Bonchev–Trinajstić information content (AvgIpc) is 3.11. The number of unbranched alkanes of at least 4 members (excludes halogenated alkanes) is 12. The van der Waals surface area contributed by atoms with Gasteiger partial charge in [-0.2, -0.15) is 0 Å². The molecule has 0 aromatic carbocycles. The van der Waals surface area contributed by atoms with Gasteiger partial charge in [0.1, 0.15) is 12.1 Å². The fraction of sp³-hybridized carbons (Fsp3) is 0.880. The van der Waals surface area contributed by atoms with Crippen molar-refractivity contribution in [3.63, 3.8) is 0 Å². The summed E-state index contributed by atoms with van der Waals surface area (Å²) in [7, 11) is 0. The number of rotatable bonds is 19. The van der Waals surface area contributed by atoms with E-state index < -0.39 is 0 Å². The van der Waals surface area contributed by atoms with Crippen LogP contribution in [-0.2, 0) is 4.74 Å². The standard InChI is InChI=1S/C25H47NO2/c1-3-5-6-7-8-9-10-11-12-13-14-15-16-17-18-19-20-24-26-25(4-2,21-22-27)23-28-24/h11-12,27H,3-10,13-23H2,1-2H3/b12-11-. The molecule has 0 fully saturated rings. The van der Waals surface area contributed by atoms with Gasteiger partial charge < -0.3 is 9.84 Å². The molecule has 3 nitrogen and oxygen atoms in total. The van der Waals surface area contributed by atoms with E-state index in [1.165, 1.54) is 89.9 Å². The first-order chi connectivity index (χ1) is 13.8. The summed E-state index contributed by atoms with van der Waals surface area (Å²) in [5.41, 5.74) is -0.146. The van der Waals surface area contributed by atoms with Crippen molar-refractivity contribution in [2.24, 2.45) is 4.99 Å². The molecule has 3 heteroatoms. The molecule has 1 heterocycles. The predicted octanol–water partition coefficient (Wildman–Crippen LogP) is 7.37. The van der Waals surface area contributed by atoms with Crippen molar-refractivity contribution in [2.75, 3.05) is 13.2 Å². The molecule has 0 aromatic heterocycles. The maximum Gasteiger partial charge on any atom is 0.183 e. The summed E-state index contributed by atoms with van der Waals surface area (Å²) in [6, 6.07) is 0. The Hall–Kier alpha value is -0.830. The highest BCUT2D eigenvalue weighted by Crippen LogP contribution is 2.27. The number of aliphatic hydroxyl groups is 1. The van der Waals surface area contributed by atoms with Crippen molar-refractivity contribution >= 4 is 5.90 Å². The van der Waals surface area contributed by atoms with Crippen LogP contribution in [0.4, 0.5) is 0 Å². The van der Waals surface area contributed by atoms with Gasteiger partial charge in [0.15, 0.2) is 5.90 Å². The highest BCUT2D eigenvalue weighted by Gasteiger charge is 2.33. The molecule has 1 N–H and O–H groups in total. The molecule has 0 saturated carbocycles. The van der Waals surface area contributed by atoms with Gasteiger partial charge in [-0.05, 0) is 44.9 Å². The van der Waals surface area contributed by atoms with Gasteiger partial charge in [0.25, 0.3) is 0 Å². The molecule has 1 unspecified atom stereocenters. The lowest BCUT2D eigenvalue weighted by Gasteiger charge is -2.20. The molecule has 0 aliphatic carbocycles. The normalized spacial score (nSPS) is 19.3. The number of hydrogen-bond donors (Lipinski definition) is 1. The molecule has 1 atom stereocenters. The smallest absolute Gasteiger partial charge is 0.183 e.